The summed E-state index contributed by atoms with van der Waals surface area (Å²) in [6.45, 7) is 4.01. The van der Waals surface area contributed by atoms with Gasteiger partial charge in [0.2, 0.25) is 0 Å². The highest BCUT2D eigenvalue weighted by atomic mass is 35.5. The Kier molecular flexibility index (Phi) is 6.36. The van der Waals surface area contributed by atoms with E-state index in [1.54, 1.807) is 50.4 Å². The van der Waals surface area contributed by atoms with Crippen molar-refractivity contribution in [1.29, 1.82) is 0 Å². The molecule has 1 aliphatic rings. The molecule has 1 aromatic carbocycles. The van der Waals surface area contributed by atoms with Gasteiger partial charge in [0.05, 0.1) is 24.1 Å². The van der Waals surface area contributed by atoms with Gasteiger partial charge in [0.25, 0.3) is 5.91 Å². The van der Waals surface area contributed by atoms with Crippen LogP contribution in [-0.4, -0.2) is 35.3 Å². The van der Waals surface area contributed by atoms with Crippen LogP contribution < -0.4 is 14.4 Å². The van der Waals surface area contributed by atoms with E-state index in [0.717, 1.165) is 26.6 Å². The number of benzene rings is 1. The van der Waals surface area contributed by atoms with E-state index in [-0.39, 0.29) is 24.9 Å². The maximum atomic E-state index is 13.0. The molecule has 4 rings (SSSR count). The number of fused-ring (bicyclic) bond motifs is 1. The Morgan fingerprint density at radius 2 is 1.90 bits per heavy atom. The summed E-state index contributed by atoms with van der Waals surface area (Å²) in [5, 5.41) is 9.86. The molecule has 3 heterocycles. The third kappa shape index (κ3) is 4.43. The van der Waals surface area contributed by atoms with Gasteiger partial charge in [0.1, 0.15) is 6.61 Å². The van der Waals surface area contributed by atoms with Crippen LogP contribution in [0.1, 0.15) is 29.1 Å². The van der Waals surface area contributed by atoms with Crippen molar-refractivity contribution in [2.45, 2.75) is 26.0 Å². The van der Waals surface area contributed by atoms with E-state index in [4.69, 9.17) is 9.47 Å². The van der Waals surface area contributed by atoms with Crippen LogP contribution in [0.25, 0.3) is 10.4 Å². The minimum absolute atomic E-state index is 0. The van der Waals surface area contributed by atoms with Gasteiger partial charge >= 0.3 is 0 Å². The number of ether oxygens (including phenoxy) is 2. The van der Waals surface area contributed by atoms with Gasteiger partial charge in [-0.1, -0.05) is 0 Å². The molecule has 0 unspecified atom stereocenters. The fourth-order valence-electron chi connectivity index (χ4n) is 3.16. The lowest BCUT2D eigenvalue weighted by atomic mass is 10.2. The number of pyridine rings is 1. The van der Waals surface area contributed by atoms with E-state index in [0.29, 0.717) is 18.0 Å². The van der Waals surface area contributed by atoms with Crippen LogP contribution in [0.5, 0.6) is 11.5 Å². The average molecular weight is 447 g/mol. The van der Waals surface area contributed by atoms with Gasteiger partial charge in [-0.05, 0) is 55.3 Å². The van der Waals surface area contributed by atoms with Gasteiger partial charge in [0, 0.05) is 29.0 Å². The number of hydrogen-bond donors (Lipinski definition) is 1. The molecular formula is C22H23ClN2O4S. The molecular weight excluding hydrogens is 424 g/mol. The minimum Gasteiger partial charge on any atom is -0.493 e. The highest BCUT2D eigenvalue weighted by Gasteiger charge is 2.32. The standard InChI is InChI=1S/C22H22N2O4S.ClH/c1-22(2,26)13-28-17-5-4-16(11-18(17)27-3)24-12-15-10-19(29-20(15)21(24)25)14-6-8-23-9-7-14;/h4-11,26H,12-13H2,1-3H3;1H. The van der Waals surface area contributed by atoms with E-state index >= 15 is 0 Å². The third-order valence-electron chi connectivity index (χ3n) is 4.58. The van der Waals surface area contributed by atoms with Crippen molar-refractivity contribution >= 4 is 35.3 Å². The van der Waals surface area contributed by atoms with Gasteiger partial charge in [-0.2, -0.15) is 0 Å². The fraction of sp³-hybridized carbons (Fsp3) is 0.273. The number of carbonyl (C=O) groups is 1. The van der Waals surface area contributed by atoms with Gasteiger partial charge < -0.3 is 19.5 Å². The highest BCUT2D eigenvalue weighted by Crippen LogP contribution is 2.40. The fourth-order valence-corrected chi connectivity index (χ4v) is 4.28. The van der Waals surface area contributed by atoms with Crippen molar-refractivity contribution < 1.29 is 19.4 Å². The van der Waals surface area contributed by atoms with Gasteiger partial charge in [-0.25, -0.2) is 0 Å². The predicted molar refractivity (Wildman–Crippen MR) is 120 cm³/mol. The summed E-state index contributed by atoms with van der Waals surface area (Å²) in [7, 11) is 1.56. The molecule has 8 heteroatoms. The minimum atomic E-state index is -0.949. The van der Waals surface area contributed by atoms with Crippen molar-refractivity contribution in [1.82, 2.24) is 4.98 Å². The molecule has 0 spiro atoms. The van der Waals surface area contributed by atoms with Crippen LogP contribution in [0.3, 0.4) is 0 Å². The molecule has 1 N–H and O–H groups in total. The van der Waals surface area contributed by atoms with Crippen LogP contribution in [-0.2, 0) is 6.54 Å². The number of nitrogens with zero attached hydrogens (tertiary/aromatic N) is 2. The zero-order valence-corrected chi connectivity index (χ0v) is 18.5. The topological polar surface area (TPSA) is 71.9 Å². The van der Waals surface area contributed by atoms with Crippen LogP contribution in [0.4, 0.5) is 5.69 Å². The first-order chi connectivity index (χ1) is 13.9. The first-order valence-corrected chi connectivity index (χ1v) is 10.1. The van der Waals surface area contributed by atoms with E-state index < -0.39 is 5.60 Å². The number of thiophene rings is 1. The molecule has 0 bridgehead atoms. The van der Waals surface area contributed by atoms with E-state index in [1.165, 1.54) is 11.3 Å². The van der Waals surface area contributed by atoms with Crippen molar-refractivity contribution in [2.24, 2.45) is 0 Å². The Morgan fingerprint density at radius 3 is 2.53 bits per heavy atom. The van der Waals surface area contributed by atoms with Crippen molar-refractivity contribution in [2.75, 3.05) is 18.6 Å². The van der Waals surface area contributed by atoms with Crippen molar-refractivity contribution in [3.8, 4) is 21.9 Å². The number of anilines is 1. The maximum absolute atomic E-state index is 13.0. The molecule has 0 saturated heterocycles. The molecule has 1 aliphatic heterocycles. The lowest BCUT2D eigenvalue weighted by Crippen LogP contribution is -2.28. The first kappa shape index (κ1) is 22.1. The van der Waals surface area contributed by atoms with Crippen LogP contribution in [0, 0.1) is 0 Å². The third-order valence-corrected chi connectivity index (χ3v) is 5.80. The molecule has 0 aliphatic carbocycles. The number of amides is 1. The smallest absolute Gasteiger partial charge is 0.269 e. The molecule has 1 amide bonds. The Labute approximate surface area is 185 Å². The summed E-state index contributed by atoms with van der Waals surface area (Å²) in [6.07, 6.45) is 3.50. The SMILES string of the molecule is COc1cc(N2Cc3cc(-c4ccncc4)sc3C2=O)ccc1OCC(C)(C)O.Cl. The Balaban J connectivity index is 0.00000256. The van der Waals surface area contributed by atoms with Crippen molar-refractivity contribution in [3.63, 3.8) is 0 Å². The van der Waals surface area contributed by atoms with E-state index in [2.05, 4.69) is 11.1 Å². The van der Waals surface area contributed by atoms with Gasteiger partial charge in [-0.3, -0.25) is 9.78 Å². The lowest BCUT2D eigenvalue weighted by Gasteiger charge is -2.21. The number of hydrogen-bond acceptors (Lipinski definition) is 6. The molecule has 0 radical (unpaired) electrons. The molecule has 6 nitrogen and oxygen atoms in total. The summed E-state index contributed by atoms with van der Waals surface area (Å²) in [5.74, 6) is 1.03. The molecule has 0 atom stereocenters. The second-order valence-corrected chi connectivity index (χ2v) is 8.58. The van der Waals surface area contributed by atoms with Crippen molar-refractivity contribution in [3.05, 3.63) is 59.2 Å². The Morgan fingerprint density at radius 1 is 1.17 bits per heavy atom. The molecule has 158 valence electrons. The summed E-state index contributed by atoms with van der Waals surface area (Å²) in [4.78, 5) is 20.6. The number of carbonyl (C=O) groups excluding carboxylic acids is 1. The zero-order valence-electron chi connectivity index (χ0n) is 16.9. The molecule has 0 saturated carbocycles. The molecule has 3 aromatic rings. The number of aliphatic hydroxyl groups is 1. The summed E-state index contributed by atoms with van der Waals surface area (Å²) in [5.41, 5.74) is 1.88. The number of methoxy groups -OCH3 is 1. The monoisotopic (exact) mass is 446 g/mol. The normalized spacial score (nSPS) is 13.1. The number of halogens is 1. The zero-order chi connectivity index (χ0) is 20.6. The number of aromatic nitrogens is 1. The van der Waals surface area contributed by atoms with Crippen LogP contribution in [0.15, 0.2) is 48.8 Å². The summed E-state index contributed by atoms with van der Waals surface area (Å²) < 4.78 is 11.1. The quantitative estimate of drug-likeness (QED) is 0.601. The Hall–Kier alpha value is -2.61. The lowest BCUT2D eigenvalue weighted by molar-refractivity contribution is 0.0276. The van der Waals surface area contributed by atoms with E-state index in [1.807, 2.05) is 18.2 Å². The Bertz CT molecular complexity index is 1050. The average Bonchev–Trinajstić information content (AvgIpc) is 3.26. The second kappa shape index (κ2) is 8.63. The van der Waals surface area contributed by atoms with Crippen LogP contribution in [0.2, 0.25) is 0 Å². The molecule has 30 heavy (non-hydrogen) atoms. The first-order valence-electron chi connectivity index (χ1n) is 9.24. The predicted octanol–water partition coefficient (Wildman–Crippen LogP) is 4.55. The maximum Gasteiger partial charge on any atom is 0.269 e. The van der Waals surface area contributed by atoms with Gasteiger partial charge in [0.15, 0.2) is 11.5 Å². The molecule has 2 aromatic heterocycles. The van der Waals surface area contributed by atoms with E-state index in [9.17, 15) is 9.90 Å². The van der Waals surface area contributed by atoms with Gasteiger partial charge in [-0.15, -0.1) is 23.7 Å². The second-order valence-electron chi connectivity index (χ2n) is 7.53. The largest absolute Gasteiger partial charge is 0.493 e. The number of rotatable bonds is 6. The molecule has 0 fully saturated rings. The summed E-state index contributed by atoms with van der Waals surface area (Å²) >= 11 is 1.50. The highest BCUT2D eigenvalue weighted by molar-refractivity contribution is 7.17. The summed E-state index contributed by atoms with van der Waals surface area (Å²) in [6, 6.07) is 11.4. The van der Waals surface area contributed by atoms with Crippen LogP contribution >= 0.6 is 23.7 Å².